The molecule has 0 unspecified atom stereocenters. The quantitative estimate of drug-likeness (QED) is 0.812. The molecular weight excluding hydrogens is 222 g/mol. The van der Waals surface area contributed by atoms with E-state index < -0.39 is 12.0 Å². The molecule has 0 radical (unpaired) electrons. The average Bonchev–Trinajstić information content (AvgIpc) is 2.75. The van der Waals surface area contributed by atoms with Crippen molar-refractivity contribution < 1.29 is 14.7 Å². The van der Waals surface area contributed by atoms with Gasteiger partial charge >= 0.3 is 5.97 Å². The first-order valence-electron chi connectivity index (χ1n) is 5.61. The highest BCUT2D eigenvalue weighted by atomic mass is 16.4. The van der Waals surface area contributed by atoms with Gasteiger partial charge in [0.15, 0.2) is 0 Å². The molecule has 2 rings (SSSR count). The number of aromatic nitrogens is 2. The molecule has 6 nitrogen and oxygen atoms in total. The van der Waals surface area contributed by atoms with Gasteiger partial charge in [-0.05, 0) is 19.3 Å². The molecule has 6 heteroatoms. The van der Waals surface area contributed by atoms with Gasteiger partial charge in [0.2, 0.25) is 0 Å². The molecule has 1 aromatic rings. The van der Waals surface area contributed by atoms with Crippen LogP contribution in [-0.4, -0.2) is 44.0 Å². The van der Waals surface area contributed by atoms with Crippen molar-refractivity contribution in [2.24, 2.45) is 7.05 Å². The van der Waals surface area contributed by atoms with E-state index in [9.17, 15) is 9.59 Å². The van der Waals surface area contributed by atoms with E-state index in [1.807, 2.05) is 0 Å². The molecule has 0 aromatic carbocycles. The predicted molar refractivity (Wildman–Crippen MR) is 59.5 cm³/mol. The van der Waals surface area contributed by atoms with Crippen LogP contribution in [0, 0.1) is 0 Å². The summed E-state index contributed by atoms with van der Waals surface area (Å²) < 4.78 is 1.67. The van der Waals surface area contributed by atoms with Crippen LogP contribution in [-0.2, 0) is 11.8 Å². The Bertz CT molecular complexity index is 441. The maximum Gasteiger partial charge on any atom is 0.326 e. The van der Waals surface area contributed by atoms with E-state index in [1.165, 1.54) is 11.2 Å². The molecule has 1 saturated heterocycles. The van der Waals surface area contributed by atoms with Crippen LogP contribution in [0.15, 0.2) is 12.5 Å². The zero-order valence-electron chi connectivity index (χ0n) is 9.67. The number of likely N-dealkylation sites (tertiary alicyclic amines) is 1. The van der Waals surface area contributed by atoms with Crippen LogP contribution < -0.4 is 0 Å². The smallest absolute Gasteiger partial charge is 0.326 e. The van der Waals surface area contributed by atoms with Crippen molar-refractivity contribution in [1.29, 1.82) is 0 Å². The average molecular weight is 237 g/mol. The summed E-state index contributed by atoms with van der Waals surface area (Å²) in [5.74, 6) is -1.23. The van der Waals surface area contributed by atoms with Crippen LogP contribution in [0.1, 0.15) is 29.8 Å². The molecule has 2 heterocycles. The fraction of sp³-hybridized carbons (Fsp3) is 0.545. The van der Waals surface area contributed by atoms with Gasteiger partial charge in [-0.3, -0.25) is 4.79 Å². The molecule has 0 aliphatic carbocycles. The Hall–Kier alpha value is -1.85. The van der Waals surface area contributed by atoms with Crippen molar-refractivity contribution in [3.63, 3.8) is 0 Å². The molecule has 1 aliphatic heterocycles. The van der Waals surface area contributed by atoms with Crippen molar-refractivity contribution in [1.82, 2.24) is 14.5 Å². The summed E-state index contributed by atoms with van der Waals surface area (Å²) in [5, 5.41) is 9.09. The second kappa shape index (κ2) is 4.57. The number of aryl methyl sites for hydroxylation is 1. The number of carbonyl (C=O) groups excluding carboxylic acids is 1. The minimum Gasteiger partial charge on any atom is -0.480 e. The number of carboxylic acid groups (broad SMARTS) is 1. The largest absolute Gasteiger partial charge is 0.480 e. The van der Waals surface area contributed by atoms with Crippen LogP contribution in [0.25, 0.3) is 0 Å². The van der Waals surface area contributed by atoms with E-state index in [1.54, 1.807) is 17.8 Å². The van der Waals surface area contributed by atoms with Gasteiger partial charge in [-0.2, -0.15) is 0 Å². The van der Waals surface area contributed by atoms with Gasteiger partial charge in [0.05, 0.1) is 6.33 Å². The number of carbonyl (C=O) groups is 2. The Morgan fingerprint density at radius 2 is 2.24 bits per heavy atom. The molecule has 0 bridgehead atoms. The summed E-state index contributed by atoms with van der Waals surface area (Å²) in [7, 11) is 1.77. The third-order valence-corrected chi connectivity index (χ3v) is 2.97. The molecule has 1 aliphatic rings. The van der Waals surface area contributed by atoms with Crippen molar-refractivity contribution in [2.75, 3.05) is 6.54 Å². The normalized spacial score (nSPS) is 20.3. The van der Waals surface area contributed by atoms with Crippen molar-refractivity contribution in [3.05, 3.63) is 18.2 Å². The highest BCUT2D eigenvalue weighted by Gasteiger charge is 2.33. The summed E-state index contributed by atoms with van der Waals surface area (Å²) in [6.07, 6.45) is 5.36. The highest BCUT2D eigenvalue weighted by Crippen LogP contribution is 2.19. The van der Waals surface area contributed by atoms with Crippen molar-refractivity contribution >= 4 is 11.9 Å². The van der Waals surface area contributed by atoms with Crippen LogP contribution >= 0.6 is 0 Å². The maximum absolute atomic E-state index is 12.1. The SMILES string of the molecule is Cn1cnc(C(=O)N2CCCC[C@@H]2C(=O)O)c1. The highest BCUT2D eigenvalue weighted by molar-refractivity contribution is 5.95. The number of hydrogen-bond donors (Lipinski definition) is 1. The standard InChI is InChI=1S/C11H15N3O3/c1-13-6-8(12-7-13)10(15)14-5-3-2-4-9(14)11(16)17/h6-7,9H,2-5H2,1H3,(H,16,17)/t9-/m1/s1. The molecule has 0 saturated carbocycles. The second-order valence-corrected chi connectivity index (χ2v) is 4.27. The third kappa shape index (κ3) is 2.30. The number of amides is 1. The summed E-state index contributed by atoms with van der Waals surface area (Å²) in [5.41, 5.74) is 0.306. The molecule has 17 heavy (non-hydrogen) atoms. The van der Waals surface area contributed by atoms with Gasteiger partial charge in [0.1, 0.15) is 11.7 Å². The Kier molecular flexibility index (Phi) is 3.12. The van der Waals surface area contributed by atoms with Gasteiger partial charge in [0.25, 0.3) is 5.91 Å². The number of carboxylic acids is 1. The van der Waals surface area contributed by atoms with E-state index in [0.29, 0.717) is 18.7 Å². The number of nitrogens with zero attached hydrogens (tertiary/aromatic N) is 3. The van der Waals surface area contributed by atoms with Crippen LogP contribution in [0.2, 0.25) is 0 Å². The van der Waals surface area contributed by atoms with Crippen molar-refractivity contribution in [2.45, 2.75) is 25.3 Å². The lowest BCUT2D eigenvalue weighted by Crippen LogP contribution is -2.48. The van der Waals surface area contributed by atoms with E-state index >= 15 is 0 Å². The molecular formula is C11H15N3O3. The second-order valence-electron chi connectivity index (χ2n) is 4.27. The monoisotopic (exact) mass is 237 g/mol. The lowest BCUT2D eigenvalue weighted by molar-refractivity contribution is -0.143. The zero-order valence-corrected chi connectivity index (χ0v) is 9.67. The first-order chi connectivity index (χ1) is 8.09. The number of hydrogen-bond acceptors (Lipinski definition) is 3. The summed E-state index contributed by atoms with van der Waals surface area (Å²) >= 11 is 0. The van der Waals surface area contributed by atoms with Crippen LogP contribution in [0.4, 0.5) is 0 Å². The first-order valence-corrected chi connectivity index (χ1v) is 5.61. The van der Waals surface area contributed by atoms with Gasteiger partial charge in [-0.25, -0.2) is 9.78 Å². The molecule has 1 fully saturated rings. The molecule has 1 N–H and O–H groups in total. The fourth-order valence-corrected chi connectivity index (χ4v) is 2.10. The first kappa shape index (κ1) is 11.6. The van der Waals surface area contributed by atoms with E-state index in [4.69, 9.17) is 5.11 Å². The van der Waals surface area contributed by atoms with Gasteiger partial charge < -0.3 is 14.6 Å². The molecule has 1 amide bonds. The Morgan fingerprint density at radius 1 is 1.47 bits per heavy atom. The van der Waals surface area contributed by atoms with Gasteiger partial charge in [-0.1, -0.05) is 0 Å². The number of piperidine rings is 1. The number of imidazole rings is 1. The lowest BCUT2D eigenvalue weighted by atomic mass is 10.0. The maximum atomic E-state index is 12.1. The molecule has 1 aromatic heterocycles. The van der Waals surface area contributed by atoms with E-state index in [-0.39, 0.29) is 5.91 Å². The van der Waals surface area contributed by atoms with Gasteiger partial charge in [-0.15, -0.1) is 0 Å². The Labute approximate surface area is 98.9 Å². The van der Waals surface area contributed by atoms with Crippen LogP contribution in [0.5, 0.6) is 0 Å². The van der Waals surface area contributed by atoms with Crippen LogP contribution in [0.3, 0.4) is 0 Å². The number of aliphatic carboxylic acids is 1. The third-order valence-electron chi connectivity index (χ3n) is 2.97. The van der Waals surface area contributed by atoms with Gasteiger partial charge in [0, 0.05) is 19.8 Å². The summed E-state index contributed by atoms with van der Waals surface area (Å²) in [6.45, 7) is 0.492. The molecule has 0 spiro atoms. The fourth-order valence-electron chi connectivity index (χ4n) is 2.10. The predicted octanol–water partition coefficient (Wildman–Crippen LogP) is 0.499. The zero-order chi connectivity index (χ0) is 12.4. The van der Waals surface area contributed by atoms with E-state index in [2.05, 4.69) is 4.98 Å². The minimum atomic E-state index is -0.936. The molecule has 1 atom stereocenters. The Morgan fingerprint density at radius 3 is 2.82 bits per heavy atom. The molecule has 92 valence electrons. The summed E-state index contributed by atoms with van der Waals surface area (Å²) in [6, 6.07) is -0.710. The summed E-state index contributed by atoms with van der Waals surface area (Å²) in [4.78, 5) is 28.6. The van der Waals surface area contributed by atoms with E-state index in [0.717, 1.165) is 12.8 Å². The topological polar surface area (TPSA) is 75.4 Å². The Balaban J connectivity index is 2.19. The number of rotatable bonds is 2. The van der Waals surface area contributed by atoms with Crippen molar-refractivity contribution in [3.8, 4) is 0 Å². The minimum absolute atomic E-state index is 0.294. The lowest BCUT2D eigenvalue weighted by Gasteiger charge is -2.32.